The van der Waals surface area contributed by atoms with Crippen LogP contribution < -0.4 is 4.74 Å². The van der Waals surface area contributed by atoms with Gasteiger partial charge >= 0.3 is 0 Å². The molecule has 2 aromatic carbocycles. The maximum absolute atomic E-state index is 10.6. The van der Waals surface area contributed by atoms with Gasteiger partial charge in [0.1, 0.15) is 12.0 Å². The lowest BCUT2D eigenvalue weighted by molar-refractivity contribution is 0.112. The molecule has 0 amide bonds. The van der Waals surface area contributed by atoms with Crippen molar-refractivity contribution in [2.24, 2.45) is 0 Å². The van der Waals surface area contributed by atoms with Crippen LogP contribution in [0.4, 0.5) is 0 Å². The van der Waals surface area contributed by atoms with Crippen LogP contribution in [0.1, 0.15) is 21.5 Å². The van der Waals surface area contributed by atoms with Crippen LogP contribution in [0.5, 0.6) is 5.75 Å². The number of hydrogen-bond donors (Lipinski definition) is 0. The minimum atomic E-state index is 0.644. The summed E-state index contributed by atoms with van der Waals surface area (Å²) in [6.07, 6.45) is 1.73. The number of ether oxygens (including phenoxy) is 1. The number of aryl methyl sites for hydroxylation is 1. The maximum Gasteiger partial charge on any atom is 0.150 e. The summed E-state index contributed by atoms with van der Waals surface area (Å²) in [5.41, 5.74) is 2.94. The van der Waals surface area contributed by atoms with Gasteiger partial charge in [-0.05, 0) is 36.2 Å². The third kappa shape index (κ3) is 3.20. The van der Waals surface area contributed by atoms with E-state index in [1.54, 1.807) is 6.07 Å². The summed E-state index contributed by atoms with van der Waals surface area (Å²) in [4.78, 5) is 10.6. The summed E-state index contributed by atoms with van der Waals surface area (Å²) in [6.45, 7) is 2.59. The predicted molar refractivity (Wildman–Crippen MR) is 72.2 cm³/mol. The van der Waals surface area contributed by atoms with Crippen molar-refractivity contribution in [3.05, 3.63) is 65.2 Å². The number of benzene rings is 2. The van der Waals surface area contributed by atoms with E-state index in [2.05, 4.69) is 12.1 Å². The lowest BCUT2D eigenvalue weighted by Gasteiger charge is -2.09. The van der Waals surface area contributed by atoms with Crippen molar-refractivity contribution in [2.45, 2.75) is 13.3 Å². The van der Waals surface area contributed by atoms with Crippen LogP contribution in [0.3, 0.4) is 0 Å². The zero-order valence-corrected chi connectivity index (χ0v) is 10.4. The highest BCUT2D eigenvalue weighted by Crippen LogP contribution is 2.18. The highest BCUT2D eigenvalue weighted by atomic mass is 16.5. The van der Waals surface area contributed by atoms with Gasteiger partial charge in [0, 0.05) is 12.0 Å². The Hall–Kier alpha value is -2.09. The lowest BCUT2D eigenvalue weighted by Crippen LogP contribution is -2.02. The molecule has 2 nitrogen and oxygen atoms in total. The van der Waals surface area contributed by atoms with E-state index in [0.717, 1.165) is 24.0 Å². The van der Waals surface area contributed by atoms with Gasteiger partial charge in [-0.15, -0.1) is 0 Å². The van der Waals surface area contributed by atoms with Crippen LogP contribution in [0.25, 0.3) is 0 Å². The SMILES string of the molecule is Cc1cc(C=O)ccc1OCCc1ccccc1. The van der Waals surface area contributed by atoms with Crippen molar-refractivity contribution in [2.75, 3.05) is 6.61 Å². The molecule has 0 atom stereocenters. The molecule has 0 bridgehead atoms. The van der Waals surface area contributed by atoms with Gasteiger partial charge in [0.05, 0.1) is 6.61 Å². The number of carbonyl (C=O) groups excluding carboxylic acids is 1. The Kier molecular flexibility index (Phi) is 4.13. The Labute approximate surface area is 107 Å². The molecule has 0 aliphatic heterocycles. The quantitative estimate of drug-likeness (QED) is 0.748. The molecule has 0 aliphatic rings. The van der Waals surface area contributed by atoms with Crippen LogP contribution in [-0.4, -0.2) is 12.9 Å². The van der Waals surface area contributed by atoms with Gasteiger partial charge in [-0.2, -0.15) is 0 Å². The van der Waals surface area contributed by atoms with E-state index in [1.165, 1.54) is 5.56 Å². The molecule has 2 aromatic rings. The molecule has 0 spiro atoms. The molecule has 0 heterocycles. The summed E-state index contributed by atoms with van der Waals surface area (Å²) < 4.78 is 5.72. The summed E-state index contributed by atoms with van der Waals surface area (Å²) in [7, 11) is 0. The van der Waals surface area contributed by atoms with Crippen molar-refractivity contribution in [1.29, 1.82) is 0 Å². The fourth-order valence-corrected chi connectivity index (χ4v) is 1.83. The van der Waals surface area contributed by atoms with E-state index in [0.29, 0.717) is 12.2 Å². The minimum absolute atomic E-state index is 0.644. The predicted octanol–water partition coefficient (Wildman–Crippen LogP) is 3.43. The van der Waals surface area contributed by atoms with Gasteiger partial charge in [0.25, 0.3) is 0 Å². The third-order valence-electron chi connectivity index (χ3n) is 2.83. The average Bonchev–Trinajstić information content (AvgIpc) is 2.42. The van der Waals surface area contributed by atoms with Crippen molar-refractivity contribution in [3.8, 4) is 5.75 Å². The molecule has 2 rings (SSSR count). The number of carbonyl (C=O) groups is 1. The fraction of sp³-hybridized carbons (Fsp3) is 0.188. The van der Waals surface area contributed by atoms with Gasteiger partial charge in [-0.3, -0.25) is 4.79 Å². The van der Waals surface area contributed by atoms with Crippen molar-refractivity contribution in [3.63, 3.8) is 0 Å². The van der Waals surface area contributed by atoms with Gasteiger partial charge in [-0.1, -0.05) is 30.3 Å². The molecule has 0 N–H and O–H groups in total. The van der Waals surface area contributed by atoms with Crippen molar-refractivity contribution < 1.29 is 9.53 Å². The van der Waals surface area contributed by atoms with E-state index in [9.17, 15) is 4.79 Å². The van der Waals surface area contributed by atoms with Crippen LogP contribution in [0, 0.1) is 6.92 Å². The first-order chi connectivity index (χ1) is 8.79. The molecule has 92 valence electrons. The highest BCUT2D eigenvalue weighted by molar-refractivity contribution is 5.75. The Morgan fingerprint density at radius 1 is 1.11 bits per heavy atom. The van der Waals surface area contributed by atoms with E-state index in [1.807, 2.05) is 37.3 Å². The normalized spacial score (nSPS) is 10.1. The van der Waals surface area contributed by atoms with Crippen LogP contribution >= 0.6 is 0 Å². The molecule has 0 radical (unpaired) electrons. The first-order valence-corrected chi connectivity index (χ1v) is 6.02. The second-order valence-electron chi connectivity index (χ2n) is 4.23. The molecular formula is C16H16O2. The lowest BCUT2D eigenvalue weighted by atomic mass is 10.1. The first-order valence-electron chi connectivity index (χ1n) is 6.02. The van der Waals surface area contributed by atoms with Gasteiger partial charge in [-0.25, -0.2) is 0 Å². The third-order valence-corrected chi connectivity index (χ3v) is 2.83. The topological polar surface area (TPSA) is 26.3 Å². The van der Waals surface area contributed by atoms with Crippen molar-refractivity contribution >= 4 is 6.29 Å². The van der Waals surface area contributed by atoms with Gasteiger partial charge in [0.2, 0.25) is 0 Å². The monoisotopic (exact) mass is 240 g/mol. The Morgan fingerprint density at radius 3 is 2.56 bits per heavy atom. The molecule has 0 saturated heterocycles. The van der Waals surface area contributed by atoms with Gasteiger partial charge < -0.3 is 4.74 Å². The van der Waals surface area contributed by atoms with E-state index in [-0.39, 0.29) is 0 Å². The zero-order chi connectivity index (χ0) is 12.8. The van der Waals surface area contributed by atoms with Crippen LogP contribution in [0.15, 0.2) is 48.5 Å². The van der Waals surface area contributed by atoms with E-state index < -0.39 is 0 Å². The molecule has 0 aromatic heterocycles. The van der Waals surface area contributed by atoms with Crippen molar-refractivity contribution in [1.82, 2.24) is 0 Å². The Balaban J connectivity index is 1.92. The van der Waals surface area contributed by atoms with E-state index >= 15 is 0 Å². The number of hydrogen-bond acceptors (Lipinski definition) is 2. The summed E-state index contributed by atoms with van der Waals surface area (Å²) in [6, 6.07) is 15.7. The second kappa shape index (κ2) is 6.01. The first kappa shape index (κ1) is 12.4. The average molecular weight is 240 g/mol. The second-order valence-corrected chi connectivity index (χ2v) is 4.23. The molecular weight excluding hydrogens is 224 g/mol. The molecule has 0 saturated carbocycles. The summed E-state index contributed by atoms with van der Waals surface area (Å²) in [5.74, 6) is 0.844. The van der Waals surface area contributed by atoms with Gasteiger partial charge in [0.15, 0.2) is 0 Å². The summed E-state index contributed by atoms with van der Waals surface area (Å²) in [5, 5.41) is 0. The molecule has 0 aliphatic carbocycles. The zero-order valence-electron chi connectivity index (χ0n) is 10.4. The standard InChI is InChI=1S/C16H16O2/c1-13-11-15(12-17)7-8-16(13)18-10-9-14-5-3-2-4-6-14/h2-8,11-12H,9-10H2,1H3. The van der Waals surface area contributed by atoms with Crippen LogP contribution in [0.2, 0.25) is 0 Å². The minimum Gasteiger partial charge on any atom is -0.493 e. The van der Waals surface area contributed by atoms with Crippen LogP contribution in [-0.2, 0) is 6.42 Å². The molecule has 0 unspecified atom stereocenters. The maximum atomic E-state index is 10.6. The Morgan fingerprint density at radius 2 is 1.89 bits per heavy atom. The molecule has 2 heteroatoms. The Bertz CT molecular complexity index is 518. The number of rotatable bonds is 5. The van der Waals surface area contributed by atoms with E-state index in [4.69, 9.17) is 4.74 Å². The summed E-state index contributed by atoms with van der Waals surface area (Å²) >= 11 is 0. The molecule has 18 heavy (non-hydrogen) atoms. The number of aldehydes is 1. The molecule has 0 fully saturated rings. The largest absolute Gasteiger partial charge is 0.493 e. The fourth-order valence-electron chi connectivity index (χ4n) is 1.83. The smallest absolute Gasteiger partial charge is 0.150 e. The highest BCUT2D eigenvalue weighted by Gasteiger charge is 2.01.